The highest BCUT2D eigenvalue weighted by Crippen LogP contribution is 2.20. The summed E-state index contributed by atoms with van der Waals surface area (Å²) >= 11 is 0. The molecule has 1 aromatic heterocycles. The first-order chi connectivity index (χ1) is 11.2. The summed E-state index contributed by atoms with van der Waals surface area (Å²) < 4.78 is 7.26. The number of ether oxygens (including phenoxy) is 1. The van der Waals surface area contributed by atoms with E-state index >= 15 is 0 Å². The van der Waals surface area contributed by atoms with E-state index in [2.05, 4.69) is 9.55 Å². The van der Waals surface area contributed by atoms with Crippen LogP contribution >= 0.6 is 0 Å². The monoisotopic (exact) mass is 310 g/mol. The van der Waals surface area contributed by atoms with Crippen LogP contribution in [-0.4, -0.2) is 27.7 Å². The van der Waals surface area contributed by atoms with E-state index in [0.717, 1.165) is 28.2 Å². The zero-order valence-corrected chi connectivity index (χ0v) is 12.9. The van der Waals surface area contributed by atoms with Crippen molar-refractivity contribution in [2.45, 2.75) is 19.4 Å². The van der Waals surface area contributed by atoms with Gasteiger partial charge < -0.3 is 14.4 Å². The molecule has 5 heteroatoms. The van der Waals surface area contributed by atoms with Gasteiger partial charge in [-0.15, -0.1) is 0 Å². The number of hydrogen-bond donors (Lipinski definition) is 1. The van der Waals surface area contributed by atoms with E-state index < -0.39 is 5.97 Å². The third-order valence-electron chi connectivity index (χ3n) is 3.80. The van der Waals surface area contributed by atoms with Gasteiger partial charge in [0.1, 0.15) is 11.6 Å². The highest BCUT2D eigenvalue weighted by molar-refractivity contribution is 5.76. The number of benzene rings is 2. The minimum Gasteiger partial charge on any atom is -0.497 e. The second-order valence-electron chi connectivity index (χ2n) is 5.34. The van der Waals surface area contributed by atoms with Crippen molar-refractivity contribution in [1.82, 2.24) is 9.55 Å². The molecule has 0 radical (unpaired) electrons. The molecule has 0 atom stereocenters. The van der Waals surface area contributed by atoms with E-state index in [1.807, 2.05) is 48.5 Å². The Labute approximate surface area is 134 Å². The number of methoxy groups -OCH3 is 1. The number of carbonyl (C=O) groups is 1. The van der Waals surface area contributed by atoms with Gasteiger partial charge in [0, 0.05) is 13.0 Å². The van der Waals surface area contributed by atoms with E-state index in [1.54, 1.807) is 7.11 Å². The maximum Gasteiger partial charge on any atom is 0.303 e. The molecule has 0 bridgehead atoms. The van der Waals surface area contributed by atoms with Crippen LogP contribution in [0.15, 0.2) is 48.5 Å². The number of aromatic nitrogens is 2. The van der Waals surface area contributed by atoms with Gasteiger partial charge in [0.05, 0.1) is 24.6 Å². The fourth-order valence-electron chi connectivity index (χ4n) is 2.62. The maximum absolute atomic E-state index is 10.9. The summed E-state index contributed by atoms with van der Waals surface area (Å²) in [5.41, 5.74) is 3.02. The first kappa shape index (κ1) is 15.1. The smallest absolute Gasteiger partial charge is 0.303 e. The first-order valence-electron chi connectivity index (χ1n) is 7.46. The summed E-state index contributed by atoms with van der Waals surface area (Å²) in [5, 5.41) is 8.94. The number of fused-ring (bicyclic) bond motifs is 1. The molecule has 1 heterocycles. The molecule has 0 amide bonds. The highest BCUT2D eigenvalue weighted by Gasteiger charge is 2.12. The zero-order valence-electron chi connectivity index (χ0n) is 12.9. The summed E-state index contributed by atoms with van der Waals surface area (Å²) in [5.74, 6) is 0.799. The Kier molecular flexibility index (Phi) is 4.28. The van der Waals surface area contributed by atoms with E-state index in [0.29, 0.717) is 13.0 Å². The van der Waals surface area contributed by atoms with E-state index in [4.69, 9.17) is 9.84 Å². The fraction of sp³-hybridized carbons (Fsp3) is 0.222. The van der Waals surface area contributed by atoms with E-state index in [1.165, 1.54) is 0 Å². The van der Waals surface area contributed by atoms with Crippen LogP contribution in [0.4, 0.5) is 0 Å². The number of rotatable bonds is 6. The molecule has 0 aliphatic carbocycles. The van der Waals surface area contributed by atoms with Gasteiger partial charge in [-0.25, -0.2) is 4.98 Å². The second kappa shape index (κ2) is 6.52. The van der Waals surface area contributed by atoms with Crippen molar-refractivity contribution in [1.29, 1.82) is 0 Å². The van der Waals surface area contributed by atoms with Crippen LogP contribution in [-0.2, 0) is 17.8 Å². The molecule has 118 valence electrons. The molecule has 0 saturated heterocycles. The lowest BCUT2D eigenvalue weighted by Gasteiger charge is -2.09. The molecule has 3 rings (SSSR count). The topological polar surface area (TPSA) is 64.3 Å². The molecule has 0 unspecified atom stereocenters. The fourth-order valence-corrected chi connectivity index (χ4v) is 2.62. The van der Waals surface area contributed by atoms with Crippen LogP contribution in [0.5, 0.6) is 5.75 Å². The molecule has 0 fully saturated rings. The van der Waals surface area contributed by atoms with Crippen LogP contribution in [0.2, 0.25) is 0 Å². The Balaban J connectivity index is 1.95. The summed E-state index contributed by atoms with van der Waals surface area (Å²) in [6, 6.07) is 15.7. The molecule has 0 aliphatic rings. The molecule has 2 aromatic carbocycles. The Morgan fingerprint density at radius 3 is 2.61 bits per heavy atom. The molecule has 1 N–H and O–H groups in total. The van der Waals surface area contributed by atoms with Crippen LogP contribution in [0.25, 0.3) is 11.0 Å². The SMILES string of the molecule is COc1ccc(Cn2c(CCC(=O)O)nc3ccccc32)cc1. The average molecular weight is 310 g/mol. The van der Waals surface area contributed by atoms with Gasteiger partial charge in [-0.2, -0.15) is 0 Å². The van der Waals surface area contributed by atoms with Crippen molar-refractivity contribution in [2.24, 2.45) is 0 Å². The van der Waals surface area contributed by atoms with Gasteiger partial charge in [-0.1, -0.05) is 24.3 Å². The molecular formula is C18H18N2O3. The number of para-hydroxylation sites is 2. The number of imidazole rings is 1. The molecule has 23 heavy (non-hydrogen) atoms. The van der Waals surface area contributed by atoms with Crippen molar-refractivity contribution in [3.05, 3.63) is 59.9 Å². The molecular weight excluding hydrogens is 292 g/mol. The number of hydrogen-bond acceptors (Lipinski definition) is 3. The zero-order chi connectivity index (χ0) is 16.2. The summed E-state index contributed by atoms with van der Waals surface area (Å²) in [6.45, 7) is 0.652. The van der Waals surface area contributed by atoms with E-state index in [-0.39, 0.29) is 6.42 Å². The minimum atomic E-state index is -0.812. The Bertz CT molecular complexity index is 822. The van der Waals surface area contributed by atoms with E-state index in [9.17, 15) is 4.79 Å². The van der Waals surface area contributed by atoms with Gasteiger partial charge >= 0.3 is 5.97 Å². The number of nitrogens with zero attached hydrogens (tertiary/aromatic N) is 2. The highest BCUT2D eigenvalue weighted by atomic mass is 16.5. The van der Waals surface area contributed by atoms with Crippen LogP contribution in [0.3, 0.4) is 0 Å². The Hall–Kier alpha value is -2.82. The van der Waals surface area contributed by atoms with Gasteiger partial charge in [-0.3, -0.25) is 4.79 Å². The molecule has 0 aliphatic heterocycles. The van der Waals surface area contributed by atoms with Crippen LogP contribution in [0, 0.1) is 0 Å². The minimum absolute atomic E-state index is 0.0753. The van der Waals surface area contributed by atoms with Crippen LogP contribution < -0.4 is 4.74 Å². The summed E-state index contributed by atoms with van der Waals surface area (Å²) in [6.07, 6.45) is 0.492. The van der Waals surface area contributed by atoms with Crippen molar-refractivity contribution < 1.29 is 14.6 Å². The number of carboxylic acid groups (broad SMARTS) is 1. The van der Waals surface area contributed by atoms with Gasteiger partial charge in [0.15, 0.2) is 0 Å². The lowest BCUT2D eigenvalue weighted by atomic mass is 10.2. The first-order valence-corrected chi connectivity index (χ1v) is 7.46. The Morgan fingerprint density at radius 2 is 1.91 bits per heavy atom. The molecule has 3 aromatic rings. The molecule has 0 saturated carbocycles. The largest absolute Gasteiger partial charge is 0.497 e. The number of aliphatic carboxylic acids is 1. The third kappa shape index (κ3) is 3.34. The number of aryl methyl sites for hydroxylation is 1. The predicted octanol–water partition coefficient (Wildman–Crippen LogP) is 3.11. The quantitative estimate of drug-likeness (QED) is 0.760. The van der Waals surface area contributed by atoms with Gasteiger partial charge in [0.25, 0.3) is 0 Å². The maximum atomic E-state index is 10.9. The lowest BCUT2D eigenvalue weighted by molar-refractivity contribution is -0.137. The second-order valence-corrected chi connectivity index (χ2v) is 5.34. The number of carboxylic acids is 1. The molecule has 0 spiro atoms. The van der Waals surface area contributed by atoms with Crippen LogP contribution in [0.1, 0.15) is 17.8 Å². The lowest BCUT2D eigenvalue weighted by Crippen LogP contribution is -2.07. The summed E-state index contributed by atoms with van der Waals surface area (Å²) in [7, 11) is 1.64. The predicted molar refractivity (Wildman–Crippen MR) is 87.8 cm³/mol. The third-order valence-corrected chi connectivity index (χ3v) is 3.80. The van der Waals surface area contributed by atoms with Crippen molar-refractivity contribution >= 4 is 17.0 Å². The van der Waals surface area contributed by atoms with Gasteiger partial charge in [-0.05, 0) is 29.8 Å². The van der Waals surface area contributed by atoms with Crippen molar-refractivity contribution in [2.75, 3.05) is 7.11 Å². The standard InChI is InChI=1S/C18H18N2O3/c1-23-14-8-6-13(7-9-14)12-20-16-5-3-2-4-15(16)19-17(20)10-11-18(21)22/h2-9H,10-12H2,1H3,(H,21,22). The molecule has 5 nitrogen and oxygen atoms in total. The van der Waals surface area contributed by atoms with Crippen molar-refractivity contribution in [3.8, 4) is 5.75 Å². The normalized spacial score (nSPS) is 10.8. The summed E-state index contributed by atoms with van der Waals surface area (Å²) in [4.78, 5) is 15.5. The Morgan fingerprint density at radius 1 is 1.17 bits per heavy atom. The van der Waals surface area contributed by atoms with Gasteiger partial charge in [0.2, 0.25) is 0 Å². The average Bonchev–Trinajstić information content (AvgIpc) is 2.91. The van der Waals surface area contributed by atoms with Crippen molar-refractivity contribution in [3.63, 3.8) is 0 Å².